The summed E-state index contributed by atoms with van der Waals surface area (Å²) >= 11 is 0. The van der Waals surface area contributed by atoms with Crippen LogP contribution >= 0.6 is 0 Å². The second kappa shape index (κ2) is 9.42. The second-order valence-corrected chi connectivity index (χ2v) is 6.05. The number of nitrogens with two attached hydrogens (primary N) is 1. The van der Waals surface area contributed by atoms with E-state index in [-0.39, 0.29) is 11.8 Å². The Kier molecular flexibility index (Phi) is 7.92. The van der Waals surface area contributed by atoms with Gasteiger partial charge < -0.3 is 16.0 Å². The predicted molar refractivity (Wildman–Crippen MR) is 97.6 cm³/mol. The zero-order valence-electron chi connectivity index (χ0n) is 15.4. The van der Waals surface area contributed by atoms with Crippen molar-refractivity contribution in [2.75, 3.05) is 19.6 Å². The highest BCUT2D eigenvalue weighted by Gasteiger charge is 2.32. The summed E-state index contributed by atoms with van der Waals surface area (Å²) in [6.45, 7) is 10.1. The lowest BCUT2D eigenvalue weighted by molar-refractivity contribution is -0.131. The van der Waals surface area contributed by atoms with Crippen molar-refractivity contribution < 1.29 is 9.59 Å². The van der Waals surface area contributed by atoms with Crippen LogP contribution in [0.5, 0.6) is 0 Å². The lowest BCUT2D eigenvalue weighted by Gasteiger charge is -2.28. The van der Waals surface area contributed by atoms with Crippen LogP contribution in [0.3, 0.4) is 0 Å². The van der Waals surface area contributed by atoms with Crippen LogP contribution < -0.4 is 11.1 Å². The van der Waals surface area contributed by atoms with Crippen molar-refractivity contribution in [3.05, 3.63) is 35.4 Å². The van der Waals surface area contributed by atoms with E-state index in [2.05, 4.69) is 5.32 Å². The highest BCUT2D eigenvalue weighted by molar-refractivity contribution is 5.94. The molecule has 1 rings (SSSR count). The minimum Gasteiger partial charge on any atom is -0.352 e. The predicted octanol–water partition coefficient (Wildman–Crippen LogP) is 2.55. The monoisotopic (exact) mass is 333 g/mol. The number of carbonyl (C=O) groups excluding carboxylic acids is 2. The second-order valence-electron chi connectivity index (χ2n) is 6.05. The Bertz CT molecular complexity index is 524. The maximum Gasteiger partial charge on any atom is 0.253 e. The zero-order valence-corrected chi connectivity index (χ0v) is 15.4. The van der Waals surface area contributed by atoms with Crippen molar-refractivity contribution >= 4 is 11.8 Å². The molecule has 0 atom stereocenters. The van der Waals surface area contributed by atoms with Crippen molar-refractivity contribution in [2.24, 2.45) is 11.1 Å². The van der Waals surface area contributed by atoms with Crippen LogP contribution in [0.2, 0.25) is 0 Å². The van der Waals surface area contributed by atoms with E-state index in [0.717, 1.165) is 18.4 Å². The van der Waals surface area contributed by atoms with E-state index in [1.165, 1.54) is 0 Å². The average molecular weight is 333 g/mol. The van der Waals surface area contributed by atoms with Gasteiger partial charge in [-0.15, -0.1) is 0 Å². The molecule has 0 aromatic heterocycles. The lowest BCUT2D eigenvalue weighted by atomic mass is 9.81. The Hall–Kier alpha value is -1.88. The number of nitrogens with one attached hydrogen (secondary N) is 1. The molecule has 134 valence electrons. The maximum atomic E-state index is 12.4. The Morgan fingerprint density at radius 2 is 1.58 bits per heavy atom. The highest BCUT2D eigenvalue weighted by Crippen LogP contribution is 2.25. The van der Waals surface area contributed by atoms with Crippen molar-refractivity contribution in [3.63, 3.8) is 0 Å². The molecule has 0 aliphatic heterocycles. The van der Waals surface area contributed by atoms with Crippen molar-refractivity contribution in [2.45, 2.75) is 47.1 Å². The maximum absolute atomic E-state index is 12.4. The minimum atomic E-state index is -0.487. The van der Waals surface area contributed by atoms with Crippen molar-refractivity contribution in [1.29, 1.82) is 0 Å². The third kappa shape index (κ3) is 4.57. The summed E-state index contributed by atoms with van der Waals surface area (Å²) in [6, 6.07) is 7.41. The van der Waals surface area contributed by atoms with Crippen LogP contribution in [0.15, 0.2) is 24.3 Å². The lowest BCUT2D eigenvalue weighted by Crippen LogP contribution is -2.45. The highest BCUT2D eigenvalue weighted by atomic mass is 16.2. The van der Waals surface area contributed by atoms with Gasteiger partial charge in [-0.25, -0.2) is 0 Å². The Labute approximate surface area is 145 Å². The molecule has 0 unspecified atom stereocenters. The van der Waals surface area contributed by atoms with Crippen LogP contribution in [0.1, 0.15) is 56.5 Å². The molecule has 0 fully saturated rings. The molecular formula is C19H31N3O2. The van der Waals surface area contributed by atoms with Gasteiger partial charge in [-0.3, -0.25) is 9.59 Å². The standard InChI is InChI=1S/C19H31N3O2/c1-5-19(6-2,14-20)18(24)21-13-15-9-11-16(12-10-15)17(23)22(7-3)8-4/h9-12H,5-8,13-14,20H2,1-4H3,(H,21,24). The molecule has 3 N–H and O–H groups in total. The van der Waals surface area contributed by atoms with Crippen LogP contribution in [0, 0.1) is 5.41 Å². The Morgan fingerprint density at radius 1 is 1.04 bits per heavy atom. The Balaban J connectivity index is 2.71. The fourth-order valence-corrected chi connectivity index (χ4v) is 2.78. The normalized spacial score (nSPS) is 11.2. The fourth-order valence-electron chi connectivity index (χ4n) is 2.78. The number of nitrogens with zero attached hydrogens (tertiary/aromatic N) is 1. The number of amides is 2. The molecule has 0 saturated heterocycles. The van der Waals surface area contributed by atoms with Gasteiger partial charge in [0.15, 0.2) is 0 Å². The first kappa shape index (κ1) is 20.2. The van der Waals surface area contributed by atoms with Crippen molar-refractivity contribution in [3.8, 4) is 0 Å². The Morgan fingerprint density at radius 3 is 2.00 bits per heavy atom. The third-order valence-electron chi connectivity index (χ3n) is 4.93. The summed E-state index contributed by atoms with van der Waals surface area (Å²) in [6.07, 6.45) is 1.45. The van der Waals surface area contributed by atoms with E-state index in [1.54, 1.807) is 4.90 Å². The number of carbonyl (C=O) groups is 2. The topological polar surface area (TPSA) is 75.4 Å². The summed E-state index contributed by atoms with van der Waals surface area (Å²) in [5, 5.41) is 2.97. The van der Waals surface area contributed by atoms with Gasteiger partial charge in [-0.05, 0) is 44.4 Å². The van der Waals surface area contributed by atoms with E-state index < -0.39 is 5.41 Å². The number of hydrogen-bond acceptors (Lipinski definition) is 3. The van der Waals surface area contributed by atoms with E-state index in [0.29, 0.717) is 31.7 Å². The average Bonchev–Trinajstić information content (AvgIpc) is 2.63. The molecule has 0 aliphatic carbocycles. The van der Waals surface area contributed by atoms with Gasteiger partial charge in [-0.2, -0.15) is 0 Å². The molecule has 0 aliphatic rings. The molecule has 5 nitrogen and oxygen atoms in total. The third-order valence-corrected chi connectivity index (χ3v) is 4.93. The quantitative estimate of drug-likeness (QED) is 0.729. The smallest absolute Gasteiger partial charge is 0.253 e. The van der Waals surface area contributed by atoms with Crippen LogP contribution in [-0.2, 0) is 11.3 Å². The van der Waals surface area contributed by atoms with Crippen LogP contribution in [0.25, 0.3) is 0 Å². The van der Waals surface area contributed by atoms with E-state index in [9.17, 15) is 9.59 Å². The first-order valence-corrected chi connectivity index (χ1v) is 8.84. The molecule has 0 radical (unpaired) electrons. The van der Waals surface area contributed by atoms with Gasteiger partial charge >= 0.3 is 0 Å². The number of hydrogen-bond donors (Lipinski definition) is 2. The zero-order chi connectivity index (χ0) is 18.2. The first-order chi connectivity index (χ1) is 11.5. The summed E-state index contributed by atoms with van der Waals surface area (Å²) < 4.78 is 0. The summed E-state index contributed by atoms with van der Waals surface area (Å²) in [4.78, 5) is 26.5. The molecule has 1 aromatic carbocycles. The van der Waals surface area contributed by atoms with Gasteiger partial charge in [0.2, 0.25) is 5.91 Å². The van der Waals surface area contributed by atoms with Gasteiger partial charge in [-0.1, -0.05) is 26.0 Å². The number of rotatable bonds is 9. The fraction of sp³-hybridized carbons (Fsp3) is 0.579. The summed E-state index contributed by atoms with van der Waals surface area (Å²) in [7, 11) is 0. The van der Waals surface area contributed by atoms with Crippen LogP contribution in [0.4, 0.5) is 0 Å². The molecule has 0 saturated carbocycles. The summed E-state index contributed by atoms with van der Waals surface area (Å²) in [5.41, 5.74) is 6.96. The van der Waals surface area contributed by atoms with Crippen molar-refractivity contribution in [1.82, 2.24) is 10.2 Å². The SMILES string of the molecule is CCN(CC)C(=O)c1ccc(CNC(=O)C(CC)(CC)CN)cc1. The molecule has 0 bridgehead atoms. The summed E-state index contributed by atoms with van der Waals surface area (Å²) in [5.74, 6) is 0.0352. The largest absolute Gasteiger partial charge is 0.352 e. The molecule has 2 amide bonds. The van der Waals surface area contributed by atoms with E-state index in [1.807, 2.05) is 52.0 Å². The van der Waals surface area contributed by atoms with Crippen LogP contribution in [-0.4, -0.2) is 36.3 Å². The van der Waals surface area contributed by atoms with E-state index >= 15 is 0 Å². The molecule has 1 aromatic rings. The molecule has 0 heterocycles. The number of benzene rings is 1. The molecular weight excluding hydrogens is 302 g/mol. The van der Waals surface area contributed by atoms with Gasteiger partial charge in [0.1, 0.15) is 0 Å². The molecule has 5 heteroatoms. The van der Waals surface area contributed by atoms with Gasteiger partial charge in [0.05, 0.1) is 5.41 Å². The van der Waals surface area contributed by atoms with Gasteiger partial charge in [0, 0.05) is 31.7 Å². The van der Waals surface area contributed by atoms with Gasteiger partial charge in [0.25, 0.3) is 5.91 Å². The molecule has 0 spiro atoms. The first-order valence-electron chi connectivity index (χ1n) is 8.84. The minimum absolute atomic E-state index is 0.00158. The molecule has 24 heavy (non-hydrogen) atoms. The van der Waals surface area contributed by atoms with E-state index in [4.69, 9.17) is 5.73 Å².